The van der Waals surface area contributed by atoms with Crippen LogP contribution in [0.4, 0.5) is 0 Å². The molecule has 0 bridgehead atoms. The summed E-state index contributed by atoms with van der Waals surface area (Å²) >= 11 is 0. The van der Waals surface area contributed by atoms with Crippen molar-refractivity contribution in [3.63, 3.8) is 0 Å². The molecule has 0 spiro atoms. The lowest BCUT2D eigenvalue weighted by Gasteiger charge is -2.13. The molecule has 1 heterocycles. The van der Waals surface area contributed by atoms with Crippen LogP contribution in [0, 0.1) is 0 Å². The van der Waals surface area contributed by atoms with Gasteiger partial charge in [-0.25, -0.2) is 0 Å². The number of aliphatic hydroxyl groups is 1. The summed E-state index contributed by atoms with van der Waals surface area (Å²) < 4.78 is 15.5. The van der Waals surface area contributed by atoms with Gasteiger partial charge in [0.15, 0.2) is 0 Å². The number of aliphatic hydroxyl groups excluding tert-OH is 1. The second-order valence-corrected chi connectivity index (χ2v) is 3.53. The van der Waals surface area contributed by atoms with E-state index in [9.17, 15) is 5.11 Å². The van der Waals surface area contributed by atoms with Gasteiger partial charge in [-0.2, -0.15) is 0 Å². The third-order valence-electron chi connectivity index (χ3n) is 2.55. The van der Waals surface area contributed by atoms with E-state index in [1.165, 1.54) is 6.26 Å². The predicted molar refractivity (Wildman–Crippen MR) is 62.3 cm³/mol. The molecule has 90 valence electrons. The molecule has 0 aliphatic carbocycles. The number of hydrogen-bond donors (Lipinski definition) is 1. The Morgan fingerprint density at radius 3 is 2.59 bits per heavy atom. The van der Waals surface area contributed by atoms with Crippen LogP contribution >= 0.6 is 0 Å². The Bertz CT molecular complexity index is 476. The first-order valence-electron chi connectivity index (χ1n) is 5.19. The van der Waals surface area contributed by atoms with Crippen molar-refractivity contribution in [2.24, 2.45) is 0 Å². The minimum absolute atomic E-state index is 0.480. The van der Waals surface area contributed by atoms with Gasteiger partial charge >= 0.3 is 0 Å². The molecule has 4 heteroatoms. The topological polar surface area (TPSA) is 51.8 Å². The van der Waals surface area contributed by atoms with Crippen LogP contribution in [0.25, 0.3) is 0 Å². The van der Waals surface area contributed by atoms with Crippen LogP contribution in [0.5, 0.6) is 11.5 Å². The lowest BCUT2D eigenvalue weighted by Crippen LogP contribution is -2.01. The SMILES string of the molecule is COc1ccc([C@H](O)c2ccco2)c(OC)c1. The smallest absolute Gasteiger partial charge is 0.140 e. The average molecular weight is 234 g/mol. The number of benzene rings is 1. The fourth-order valence-electron chi connectivity index (χ4n) is 1.64. The van der Waals surface area contributed by atoms with Gasteiger partial charge in [0.1, 0.15) is 23.4 Å². The summed E-state index contributed by atoms with van der Waals surface area (Å²) in [5.41, 5.74) is 0.642. The van der Waals surface area contributed by atoms with E-state index in [1.54, 1.807) is 44.6 Å². The Kier molecular flexibility index (Phi) is 3.35. The normalized spacial score (nSPS) is 12.2. The summed E-state index contributed by atoms with van der Waals surface area (Å²) in [5, 5.41) is 10.1. The van der Waals surface area contributed by atoms with E-state index in [4.69, 9.17) is 13.9 Å². The van der Waals surface area contributed by atoms with Gasteiger partial charge in [-0.05, 0) is 24.3 Å². The van der Waals surface area contributed by atoms with E-state index in [-0.39, 0.29) is 0 Å². The van der Waals surface area contributed by atoms with Gasteiger partial charge in [0.2, 0.25) is 0 Å². The van der Waals surface area contributed by atoms with E-state index in [0.29, 0.717) is 22.8 Å². The number of methoxy groups -OCH3 is 2. The minimum Gasteiger partial charge on any atom is -0.497 e. The van der Waals surface area contributed by atoms with Crippen LogP contribution in [0.2, 0.25) is 0 Å². The van der Waals surface area contributed by atoms with Gasteiger partial charge in [0.25, 0.3) is 0 Å². The molecule has 1 N–H and O–H groups in total. The Labute approximate surface area is 99.4 Å². The highest BCUT2D eigenvalue weighted by molar-refractivity contribution is 5.43. The summed E-state index contributed by atoms with van der Waals surface area (Å²) in [4.78, 5) is 0. The molecule has 0 aliphatic heterocycles. The highest BCUT2D eigenvalue weighted by Gasteiger charge is 2.18. The zero-order valence-electron chi connectivity index (χ0n) is 9.71. The van der Waals surface area contributed by atoms with E-state index in [1.807, 2.05) is 0 Å². The molecular weight excluding hydrogens is 220 g/mol. The molecular formula is C13H14O4. The van der Waals surface area contributed by atoms with Gasteiger partial charge in [-0.15, -0.1) is 0 Å². The average Bonchev–Trinajstić information content (AvgIpc) is 2.91. The predicted octanol–water partition coefficient (Wildman–Crippen LogP) is 2.38. The summed E-state index contributed by atoms with van der Waals surface area (Å²) in [7, 11) is 3.13. The number of rotatable bonds is 4. The third kappa shape index (κ3) is 2.26. The van der Waals surface area contributed by atoms with Crippen LogP contribution in [-0.4, -0.2) is 19.3 Å². The van der Waals surface area contributed by atoms with Crippen LogP contribution in [-0.2, 0) is 0 Å². The lowest BCUT2D eigenvalue weighted by atomic mass is 10.1. The monoisotopic (exact) mass is 234 g/mol. The first kappa shape index (κ1) is 11.5. The van der Waals surface area contributed by atoms with Crippen molar-refractivity contribution in [1.29, 1.82) is 0 Å². The van der Waals surface area contributed by atoms with Crippen molar-refractivity contribution in [3.05, 3.63) is 47.9 Å². The van der Waals surface area contributed by atoms with E-state index >= 15 is 0 Å². The maximum Gasteiger partial charge on any atom is 0.140 e. The van der Waals surface area contributed by atoms with Crippen LogP contribution in [0.15, 0.2) is 41.0 Å². The van der Waals surface area contributed by atoms with Crippen molar-refractivity contribution in [2.45, 2.75) is 6.10 Å². The van der Waals surface area contributed by atoms with Crippen LogP contribution in [0.3, 0.4) is 0 Å². The first-order valence-corrected chi connectivity index (χ1v) is 5.19. The molecule has 0 amide bonds. The van der Waals surface area contributed by atoms with E-state index in [2.05, 4.69) is 0 Å². The summed E-state index contributed by atoms with van der Waals surface area (Å²) in [6, 6.07) is 8.69. The molecule has 2 aromatic rings. The second kappa shape index (κ2) is 4.93. The number of hydrogen-bond acceptors (Lipinski definition) is 4. The number of furan rings is 1. The van der Waals surface area contributed by atoms with E-state index in [0.717, 1.165) is 0 Å². The van der Waals surface area contributed by atoms with Gasteiger partial charge in [0, 0.05) is 11.6 Å². The molecule has 1 aromatic heterocycles. The van der Waals surface area contributed by atoms with Crippen molar-refractivity contribution in [1.82, 2.24) is 0 Å². The quantitative estimate of drug-likeness (QED) is 0.882. The van der Waals surface area contributed by atoms with Gasteiger partial charge in [-0.1, -0.05) is 0 Å². The Morgan fingerprint density at radius 1 is 1.18 bits per heavy atom. The zero-order valence-corrected chi connectivity index (χ0v) is 9.71. The summed E-state index contributed by atoms with van der Waals surface area (Å²) in [6.45, 7) is 0. The highest BCUT2D eigenvalue weighted by Crippen LogP contribution is 2.32. The highest BCUT2D eigenvalue weighted by atomic mass is 16.5. The molecule has 4 nitrogen and oxygen atoms in total. The van der Waals surface area contributed by atoms with Gasteiger partial charge < -0.3 is 19.0 Å². The maximum atomic E-state index is 10.1. The molecule has 1 aromatic carbocycles. The molecule has 2 rings (SSSR count). The summed E-state index contributed by atoms with van der Waals surface area (Å²) in [5.74, 6) is 1.72. The molecule has 0 unspecified atom stereocenters. The Hall–Kier alpha value is -1.94. The Morgan fingerprint density at radius 2 is 2.00 bits per heavy atom. The zero-order chi connectivity index (χ0) is 12.3. The second-order valence-electron chi connectivity index (χ2n) is 3.53. The van der Waals surface area contributed by atoms with Crippen LogP contribution < -0.4 is 9.47 Å². The van der Waals surface area contributed by atoms with Crippen LogP contribution in [0.1, 0.15) is 17.4 Å². The fraction of sp³-hybridized carbons (Fsp3) is 0.231. The van der Waals surface area contributed by atoms with Crippen molar-refractivity contribution < 1.29 is 19.0 Å². The largest absolute Gasteiger partial charge is 0.497 e. The van der Waals surface area contributed by atoms with Crippen molar-refractivity contribution >= 4 is 0 Å². The number of ether oxygens (including phenoxy) is 2. The first-order chi connectivity index (χ1) is 8.26. The molecule has 0 saturated heterocycles. The van der Waals surface area contributed by atoms with Crippen molar-refractivity contribution in [2.75, 3.05) is 14.2 Å². The standard InChI is InChI=1S/C13H14O4/c1-15-9-5-6-10(12(8-9)16-2)13(14)11-4-3-7-17-11/h3-8,13-14H,1-2H3/t13-/m0/s1. The van der Waals surface area contributed by atoms with Crippen molar-refractivity contribution in [3.8, 4) is 11.5 Å². The molecule has 0 aliphatic rings. The Balaban J connectivity index is 2.38. The molecule has 1 atom stereocenters. The fourth-order valence-corrected chi connectivity index (χ4v) is 1.64. The van der Waals surface area contributed by atoms with E-state index < -0.39 is 6.10 Å². The molecule has 17 heavy (non-hydrogen) atoms. The van der Waals surface area contributed by atoms with Gasteiger partial charge in [-0.3, -0.25) is 0 Å². The summed E-state index contributed by atoms with van der Waals surface area (Å²) in [6.07, 6.45) is 0.681. The third-order valence-corrected chi connectivity index (χ3v) is 2.55. The maximum absolute atomic E-state index is 10.1. The minimum atomic E-state index is -0.842. The molecule has 0 saturated carbocycles. The van der Waals surface area contributed by atoms with Gasteiger partial charge in [0.05, 0.1) is 20.5 Å². The molecule has 0 radical (unpaired) electrons. The lowest BCUT2D eigenvalue weighted by molar-refractivity contribution is 0.185. The molecule has 0 fully saturated rings.